The Kier molecular flexibility index (Phi) is 5.14. The van der Waals surface area contributed by atoms with Crippen molar-refractivity contribution < 1.29 is 18.3 Å². The fourth-order valence-electron chi connectivity index (χ4n) is 3.86. The van der Waals surface area contributed by atoms with Crippen molar-refractivity contribution in [2.75, 3.05) is 12.9 Å². The molecule has 2 aliphatic rings. The van der Waals surface area contributed by atoms with E-state index in [2.05, 4.69) is 6.92 Å². The smallest absolute Gasteiger partial charge is 0.150 e. The van der Waals surface area contributed by atoms with Crippen molar-refractivity contribution in [3.8, 4) is 0 Å². The van der Waals surface area contributed by atoms with Crippen molar-refractivity contribution >= 4 is 9.84 Å². The molecular weight excluding hydrogens is 276 g/mol. The Bertz CT molecular complexity index is 418. The van der Waals surface area contributed by atoms with Gasteiger partial charge in [0.2, 0.25) is 0 Å². The molecule has 0 spiro atoms. The van der Waals surface area contributed by atoms with Crippen molar-refractivity contribution in [3.05, 3.63) is 0 Å². The average Bonchev–Trinajstić information content (AvgIpc) is 2.38. The second-order valence-electron chi connectivity index (χ2n) is 6.65. The Morgan fingerprint density at radius 3 is 2.75 bits per heavy atom. The van der Waals surface area contributed by atoms with E-state index in [4.69, 9.17) is 4.74 Å². The normalized spacial score (nSPS) is 39.6. The second-order valence-corrected chi connectivity index (χ2v) is 8.98. The van der Waals surface area contributed by atoms with Crippen LogP contribution in [0.4, 0.5) is 0 Å². The maximum Gasteiger partial charge on any atom is 0.150 e. The number of hydrogen-bond donors (Lipinski definition) is 1. The Hall–Kier alpha value is -0.130. The second kappa shape index (κ2) is 6.32. The fourth-order valence-corrected chi connectivity index (χ4v) is 5.03. The van der Waals surface area contributed by atoms with Crippen LogP contribution in [0.15, 0.2) is 0 Å². The summed E-state index contributed by atoms with van der Waals surface area (Å²) in [6.07, 6.45) is 8.03. The molecule has 1 N–H and O–H groups in total. The van der Waals surface area contributed by atoms with Crippen LogP contribution in [-0.2, 0) is 14.6 Å². The quantitative estimate of drug-likeness (QED) is 0.865. The number of ether oxygens (including phenoxy) is 1. The minimum absolute atomic E-state index is 0.110. The Labute approximate surface area is 122 Å². The van der Waals surface area contributed by atoms with Crippen LogP contribution in [0.2, 0.25) is 0 Å². The molecule has 5 heteroatoms. The molecule has 2 rings (SSSR count). The fraction of sp³-hybridized carbons (Fsp3) is 1.00. The van der Waals surface area contributed by atoms with Crippen LogP contribution in [0.25, 0.3) is 0 Å². The molecule has 0 bridgehead atoms. The van der Waals surface area contributed by atoms with Gasteiger partial charge in [-0.05, 0) is 38.0 Å². The molecule has 0 aromatic carbocycles. The highest BCUT2D eigenvalue weighted by molar-refractivity contribution is 7.91. The van der Waals surface area contributed by atoms with E-state index < -0.39 is 15.4 Å². The number of hydrogen-bond acceptors (Lipinski definition) is 4. The van der Waals surface area contributed by atoms with E-state index >= 15 is 0 Å². The molecule has 2 fully saturated rings. The summed E-state index contributed by atoms with van der Waals surface area (Å²) in [5, 5.41) is 10.7. The van der Waals surface area contributed by atoms with E-state index in [1.54, 1.807) is 0 Å². The summed E-state index contributed by atoms with van der Waals surface area (Å²) in [6.45, 7) is 2.72. The topological polar surface area (TPSA) is 63.6 Å². The molecule has 118 valence electrons. The highest BCUT2D eigenvalue weighted by Gasteiger charge is 2.44. The number of sulfone groups is 1. The summed E-state index contributed by atoms with van der Waals surface area (Å²) in [4.78, 5) is 0. The van der Waals surface area contributed by atoms with Crippen LogP contribution >= 0.6 is 0 Å². The van der Waals surface area contributed by atoms with Gasteiger partial charge >= 0.3 is 0 Å². The third kappa shape index (κ3) is 3.74. The molecule has 1 aliphatic heterocycles. The molecule has 0 amide bonds. The predicted octanol–water partition coefficient (Wildman–Crippen LogP) is 2.30. The summed E-state index contributed by atoms with van der Waals surface area (Å²) in [6, 6.07) is 0. The first-order chi connectivity index (χ1) is 9.35. The lowest BCUT2D eigenvalue weighted by atomic mass is 9.71. The lowest BCUT2D eigenvalue weighted by molar-refractivity contribution is -0.138. The van der Waals surface area contributed by atoms with E-state index in [9.17, 15) is 13.5 Å². The van der Waals surface area contributed by atoms with Crippen molar-refractivity contribution in [1.29, 1.82) is 0 Å². The summed E-state index contributed by atoms with van der Waals surface area (Å²) in [5.41, 5.74) is -0.721. The molecule has 20 heavy (non-hydrogen) atoms. The SMILES string of the molecule is CCCC1CC(O)(C2CCCC(S(C)(=O)=O)C2)CCO1. The van der Waals surface area contributed by atoms with Gasteiger partial charge in [0, 0.05) is 19.3 Å². The molecule has 4 atom stereocenters. The van der Waals surface area contributed by atoms with Crippen molar-refractivity contribution in [1.82, 2.24) is 0 Å². The first-order valence-corrected chi connectivity index (χ1v) is 9.83. The first-order valence-electron chi connectivity index (χ1n) is 7.88. The van der Waals surface area contributed by atoms with Gasteiger partial charge in [0.15, 0.2) is 0 Å². The zero-order valence-corrected chi connectivity index (χ0v) is 13.5. The zero-order chi connectivity index (χ0) is 14.8. The van der Waals surface area contributed by atoms with Crippen LogP contribution in [0.1, 0.15) is 58.3 Å². The van der Waals surface area contributed by atoms with Gasteiger partial charge in [0.1, 0.15) is 9.84 Å². The zero-order valence-electron chi connectivity index (χ0n) is 12.7. The van der Waals surface area contributed by atoms with Crippen LogP contribution in [0.3, 0.4) is 0 Å². The molecule has 4 nitrogen and oxygen atoms in total. The van der Waals surface area contributed by atoms with E-state index in [0.717, 1.165) is 32.1 Å². The third-order valence-electron chi connectivity index (χ3n) is 5.07. The third-order valence-corrected chi connectivity index (χ3v) is 6.71. The highest BCUT2D eigenvalue weighted by atomic mass is 32.2. The molecule has 1 heterocycles. The molecule has 0 aromatic rings. The minimum atomic E-state index is -2.99. The standard InChI is InChI=1S/C15H28O4S/c1-3-5-13-11-15(16,8-9-19-13)12-6-4-7-14(10-12)20(2,17)18/h12-14,16H,3-11H2,1-2H3. The molecule has 1 aliphatic carbocycles. The van der Waals surface area contributed by atoms with Crippen LogP contribution in [0.5, 0.6) is 0 Å². The van der Waals surface area contributed by atoms with Crippen LogP contribution in [-0.4, -0.2) is 43.3 Å². The van der Waals surface area contributed by atoms with Gasteiger partial charge in [-0.3, -0.25) is 0 Å². The van der Waals surface area contributed by atoms with Gasteiger partial charge in [-0.15, -0.1) is 0 Å². The maximum absolute atomic E-state index is 11.8. The lowest BCUT2D eigenvalue weighted by Crippen LogP contribution is -2.49. The summed E-state index contributed by atoms with van der Waals surface area (Å²) in [7, 11) is -2.99. The molecule has 1 saturated heterocycles. The summed E-state index contributed by atoms with van der Waals surface area (Å²) in [5.74, 6) is 0.110. The van der Waals surface area contributed by atoms with Gasteiger partial charge in [0.05, 0.1) is 17.0 Å². The van der Waals surface area contributed by atoms with E-state index in [1.807, 2.05) is 0 Å². The Morgan fingerprint density at radius 2 is 2.10 bits per heavy atom. The van der Waals surface area contributed by atoms with Gasteiger partial charge in [-0.2, -0.15) is 0 Å². The molecule has 1 saturated carbocycles. The Morgan fingerprint density at radius 1 is 1.35 bits per heavy atom. The minimum Gasteiger partial charge on any atom is -0.389 e. The number of aliphatic hydroxyl groups is 1. The molecule has 4 unspecified atom stereocenters. The molecule has 0 aromatic heterocycles. The largest absolute Gasteiger partial charge is 0.389 e. The lowest BCUT2D eigenvalue weighted by Gasteiger charge is -2.45. The number of rotatable bonds is 4. The van der Waals surface area contributed by atoms with Gasteiger partial charge in [-0.1, -0.05) is 19.8 Å². The van der Waals surface area contributed by atoms with Crippen molar-refractivity contribution in [2.24, 2.45) is 5.92 Å². The summed E-state index contributed by atoms with van der Waals surface area (Å²) < 4.78 is 29.3. The monoisotopic (exact) mass is 304 g/mol. The molecule has 0 radical (unpaired) electrons. The van der Waals surface area contributed by atoms with Gasteiger partial charge in [-0.25, -0.2) is 8.42 Å². The Balaban J connectivity index is 2.05. The van der Waals surface area contributed by atoms with Crippen LogP contribution in [0, 0.1) is 5.92 Å². The van der Waals surface area contributed by atoms with E-state index in [-0.39, 0.29) is 17.3 Å². The van der Waals surface area contributed by atoms with Crippen molar-refractivity contribution in [3.63, 3.8) is 0 Å². The predicted molar refractivity (Wildman–Crippen MR) is 79.4 cm³/mol. The average molecular weight is 304 g/mol. The van der Waals surface area contributed by atoms with E-state index in [1.165, 1.54) is 6.26 Å². The summed E-state index contributed by atoms with van der Waals surface area (Å²) >= 11 is 0. The van der Waals surface area contributed by atoms with Crippen molar-refractivity contribution in [2.45, 2.75) is 75.2 Å². The molecular formula is C15H28O4S. The van der Waals surface area contributed by atoms with Gasteiger partial charge < -0.3 is 9.84 Å². The van der Waals surface area contributed by atoms with E-state index in [0.29, 0.717) is 25.9 Å². The maximum atomic E-state index is 11.8. The first kappa shape index (κ1) is 16.2. The van der Waals surface area contributed by atoms with Crippen LogP contribution < -0.4 is 0 Å². The highest BCUT2D eigenvalue weighted by Crippen LogP contribution is 2.42. The van der Waals surface area contributed by atoms with Gasteiger partial charge in [0.25, 0.3) is 0 Å².